The molecular weight excluding hydrogens is 1070 g/mol. The molecule has 12 aromatic carbocycles. The summed E-state index contributed by atoms with van der Waals surface area (Å²) < 4.78 is 2.35. The molecule has 13 aromatic rings. The van der Waals surface area contributed by atoms with Gasteiger partial charge in [0.25, 0.3) is 0 Å². The van der Waals surface area contributed by atoms with E-state index in [0.717, 1.165) is 89.5 Å². The number of nitrogens with zero attached hydrogens (tertiary/aromatic N) is 2. The molecule has 0 fully saturated rings. The van der Waals surface area contributed by atoms with Crippen molar-refractivity contribution < 1.29 is 0 Å². The van der Waals surface area contributed by atoms with Gasteiger partial charge in [0, 0.05) is 72.3 Å². The quantitative estimate of drug-likeness (QED) is 0.124. The van der Waals surface area contributed by atoms with Gasteiger partial charge in [-0.1, -0.05) is 183 Å². The van der Waals surface area contributed by atoms with Crippen LogP contribution in [0.2, 0.25) is 0 Å². The Labute approximate surface area is 521 Å². The SMILES string of the molecule is C#Cc1cccc(-c2cc(-c3ccc(N(c4ccc(-c5ccc6c(c5)c5ccccc5n6-c5ccccc5)cc4)c4ccc5c(c4)C(C)(C)c4ccccc4-5)cc3)cc(-c3cc(-c4cccc(C#C)c4C#C)cc(-c4cccc(C#C)c4C#C)c3)c2)c1C#C. The van der Waals surface area contributed by atoms with Gasteiger partial charge < -0.3 is 9.47 Å². The summed E-state index contributed by atoms with van der Waals surface area (Å²) in [5.74, 6) is 17.1. The number of fused-ring (bicyclic) bond motifs is 6. The number of para-hydroxylation sites is 2. The molecule has 0 spiro atoms. The molecule has 0 saturated carbocycles. The monoisotopic (exact) mass is 1130 g/mol. The van der Waals surface area contributed by atoms with Crippen LogP contribution in [0, 0.1) is 74.1 Å². The van der Waals surface area contributed by atoms with Crippen LogP contribution in [-0.4, -0.2) is 4.57 Å². The Hall–Kier alpha value is -12.4. The van der Waals surface area contributed by atoms with Gasteiger partial charge in [-0.05, 0) is 210 Å². The lowest BCUT2D eigenvalue weighted by molar-refractivity contribution is 0.660. The lowest BCUT2D eigenvalue weighted by Crippen LogP contribution is -2.16. The average Bonchev–Trinajstić information content (AvgIpc) is 1.76. The number of anilines is 3. The molecule has 1 aliphatic rings. The number of terminal acetylenes is 6. The van der Waals surface area contributed by atoms with E-state index in [1.165, 1.54) is 44.1 Å². The first-order valence-corrected chi connectivity index (χ1v) is 29.5. The molecule has 2 heteroatoms. The summed E-state index contributed by atoms with van der Waals surface area (Å²) in [6, 6.07) is 90.0. The minimum Gasteiger partial charge on any atom is -0.310 e. The van der Waals surface area contributed by atoms with Gasteiger partial charge in [0.2, 0.25) is 0 Å². The van der Waals surface area contributed by atoms with Crippen molar-refractivity contribution in [3.05, 3.63) is 299 Å². The topological polar surface area (TPSA) is 8.17 Å². The van der Waals surface area contributed by atoms with E-state index in [1.807, 2.05) is 54.6 Å². The van der Waals surface area contributed by atoms with Crippen molar-refractivity contribution in [2.45, 2.75) is 19.3 Å². The molecule has 0 radical (unpaired) electrons. The van der Waals surface area contributed by atoms with Crippen molar-refractivity contribution in [2.75, 3.05) is 4.90 Å². The number of aromatic nitrogens is 1. The molecule has 412 valence electrons. The summed E-state index contributed by atoms with van der Waals surface area (Å²) in [6.45, 7) is 4.66. The third-order valence-electron chi connectivity index (χ3n) is 17.7. The Bertz CT molecular complexity index is 5240. The first kappa shape index (κ1) is 54.5. The van der Waals surface area contributed by atoms with Crippen LogP contribution in [-0.2, 0) is 5.41 Å². The van der Waals surface area contributed by atoms with Gasteiger partial charge in [-0.2, -0.15) is 0 Å². The maximum absolute atomic E-state index is 6.32. The first-order chi connectivity index (χ1) is 43.6. The van der Waals surface area contributed by atoms with E-state index in [1.54, 1.807) is 0 Å². The summed E-state index contributed by atoms with van der Waals surface area (Å²) in [6.07, 6.45) is 37.1. The van der Waals surface area contributed by atoms with Crippen LogP contribution < -0.4 is 4.90 Å². The highest BCUT2D eigenvalue weighted by Gasteiger charge is 2.36. The van der Waals surface area contributed by atoms with Gasteiger partial charge in [0.05, 0.1) is 11.0 Å². The highest BCUT2D eigenvalue weighted by atomic mass is 15.1. The third-order valence-corrected chi connectivity index (χ3v) is 17.7. The van der Waals surface area contributed by atoms with E-state index < -0.39 is 0 Å². The Balaban J connectivity index is 0.919. The van der Waals surface area contributed by atoms with Gasteiger partial charge in [0.15, 0.2) is 0 Å². The van der Waals surface area contributed by atoms with E-state index in [2.05, 4.69) is 259 Å². The Morgan fingerprint density at radius 2 is 0.708 bits per heavy atom. The molecule has 0 atom stereocenters. The third kappa shape index (κ3) is 9.32. The fraction of sp³-hybridized carbons (Fsp3) is 0.0345. The van der Waals surface area contributed by atoms with Crippen LogP contribution in [0.25, 0.3) is 105 Å². The fourth-order valence-electron chi connectivity index (χ4n) is 13.3. The van der Waals surface area contributed by atoms with E-state index in [-0.39, 0.29) is 5.41 Å². The van der Waals surface area contributed by atoms with Crippen LogP contribution in [0.15, 0.2) is 255 Å². The van der Waals surface area contributed by atoms with Crippen LogP contribution in [0.1, 0.15) is 58.4 Å². The van der Waals surface area contributed by atoms with Gasteiger partial charge in [0.1, 0.15) is 0 Å². The molecule has 0 amide bonds. The van der Waals surface area contributed by atoms with Crippen LogP contribution in [0.3, 0.4) is 0 Å². The van der Waals surface area contributed by atoms with Gasteiger partial charge >= 0.3 is 0 Å². The summed E-state index contributed by atoms with van der Waals surface area (Å²) in [5, 5.41) is 2.42. The predicted molar refractivity (Wildman–Crippen MR) is 373 cm³/mol. The molecule has 1 heterocycles. The predicted octanol–water partition coefficient (Wildman–Crippen LogP) is 20.4. The molecular formula is C87H54N2. The maximum Gasteiger partial charge on any atom is 0.0541 e. The second-order valence-corrected chi connectivity index (χ2v) is 22.9. The van der Waals surface area contributed by atoms with E-state index in [9.17, 15) is 0 Å². The lowest BCUT2D eigenvalue weighted by Gasteiger charge is -2.28. The lowest BCUT2D eigenvalue weighted by atomic mass is 9.82. The molecule has 14 rings (SSSR count). The average molecular weight is 1130 g/mol. The second-order valence-electron chi connectivity index (χ2n) is 22.9. The zero-order valence-corrected chi connectivity index (χ0v) is 49.1. The van der Waals surface area contributed by atoms with Gasteiger partial charge in [-0.3, -0.25) is 0 Å². The molecule has 0 saturated heterocycles. The zero-order chi connectivity index (χ0) is 60.9. The molecule has 0 bridgehead atoms. The van der Waals surface area contributed by atoms with Crippen molar-refractivity contribution >= 4 is 38.9 Å². The number of hydrogen-bond acceptors (Lipinski definition) is 1. The number of hydrogen-bond donors (Lipinski definition) is 0. The summed E-state index contributed by atoms with van der Waals surface area (Å²) in [7, 11) is 0. The highest BCUT2D eigenvalue weighted by Crippen LogP contribution is 2.51. The summed E-state index contributed by atoms with van der Waals surface area (Å²) in [4.78, 5) is 2.36. The minimum absolute atomic E-state index is 0.212. The second kappa shape index (κ2) is 22.2. The summed E-state index contributed by atoms with van der Waals surface area (Å²) in [5.41, 5.74) is 26.3. The smallest absolute Gasteiger partial charge is 0.0541 e. The Kier molecular flexibility index (Phi) is 13.6. The summed E-state index contributed by atoms with van der Waals surface area (Å²) >= 11 is 0. The normalized spacial score (nSPS) is 11.7. The van der Waals surface area contributed by atoms with Crippen molar-refractivity contribution in [2.24, 2.45) is 0 Å². The van der Waals surface area contributed by atoms with Crippen molar-refractivity contribution in [1.82, 2.24) is 4.57 Å². The zero-order valence-electron chi connectivity index (χ0n) is 49.1. The van der Waals surface area contributed by atoms with E-state index >= 15 is 0 Å². The number of benzene rings is 12. The molecule has 0 N–H and O–H groups in total. The molecule has 89 heavy (non-hydrogen) atoms. The molecule has 1 aromatic heterocycles. The van der Waals surface area contributed by atoms with Crippen LogP contribution in [0.4, 0.5) is 17.1 Å². The molecule has 0 aliphatic heterocycles. The fourth-order valence-corrected chi connectivity index (χ4v) is 13.3. The first-order valence-electron chi connectivity index (χ1n) is 29.5. The standard InChI is InChI=1S/C87H54N2/c1-9-57-25-22-32-76(73(57)12-4)66-50-63(49-64(51-66)65-52-67(77-33-23-26-58(10-2)74(77)13-5)54-68(53-65)78-34-24-27-59(11-3)75(78)14-6)61-39-44-71(45-40-61)88(72-46-47-80-79-30-18-20-35-83(79)87(7,8)84(80)56-72)70-42-37-60(38-43-70)62-41-48-86-82(55-62)81-31-19-21-36-85(81)89(86)69-28-16-15-17-29-69/h1-6,15-56H,7-8H3. The maximum atomic E-state index is 6.32. The van der Waals surface area contributed by atoms with E-state index in [0.29, 0.717) is 33.4 Å². The van der Waals surface area contributed by atoms with Gasteiger partial charge in [-0.15, -0.1) is 38.5 Å². The molecule has 1 aliphatic carbocycles. The van der Waals surface area contributed by atoms with Crippen LogP contribution in [0.5, 0.6) is 0 Å². The van der Waals surface area contributed by atoms with Crippen molar-refractivity contribution in [1.29, 1.82) is 0 Å². The van der Waals surface area contributed by atoms with Crippen LogP contribution >= 0.6 is 0 Å². The highest BCUT2D eigenvalue weighted by molar-refractivity contribution is 6.10. The minimum atomic E-state index is -0.212. The van der Waals surface area contributed by atoms with E-state index in [4.69, 9.17) is 38.5 Å². The molecule has 0 unspecified atom stereocenters. The van der Waals surface area contributed by atoms with Crippen molar-refractivity contribution in [3.8, 4) is 158 Å². The van der Waals surface area contributed by atoms with Gasteiger partial charge in [-0.25, -0.2) is 0 Å². The Morgan fingerprint density at radius 1 is 0.292 bits per heavy atom. The molecule has 2 nitrogen and oxygen atoms in total. The largest absolute Gasteiger partial charge is 0.310 e. The Morgan fingerprint density at radius 3 is 1.25 bits per heavy atom. The number of rotatable bonds is 10. The van der Waals surface area contributed by atoms with Crippen molar-refractivity contribution in [3.63, 3.8) is 0 Å².